The van der Waals surface area contributed by atoms with Crippen molar-refractivity contribution >= 4 is 17.5 Å². The van der Waals surface area contributed by atoms with Crippen LogP contribution in [0.4, 0.5) is 5.69 Å². The van der Waals surface area contributed by atoms with Crippen LogP contribution in [0, 0.1) is 12.3 Å². The van der Waals surface area contributed by atoms with Gasteiger partial charge in [-0.25, -0.2) is 0 Å². The molecule has 2 N–H and O–H groups in total. The molecule has 0 unspecified atom stereocenters. The van der Waals surface area contributed by atoms with Crippen molar-refractivity contribution in [2.24, 2.45) is 0 Å². The van der Waals surface area contributed by atoms with E-state index in [2.05, 4.69) is 16.6 Å². The van der Waals surface area contributed by atoms with Crippen LogP contribution in [0.2, 0.25) is 0 Å². The van der Waals surface area contributed by atoms with Crippen molar-refractivity contribution in [3.8, 4) is 23.8 Å². The molecule has 25 heavy (non-hydrogen) atoms. The zero-order valence-corrected chi connectivity index (χ0v) is 14.0. The fourth-order valence-electron chi connectivity index (χ4n) is 2.15. The lowest BCUT2D eigenvalue weighted by molar-refractivity contribution is 0.0959. The maximum atomic E-state index is 12.6. The van der Waals surface area contributed by atoms with E-state index in [1.54, 1.807) is 42.5 Å². The number of carbonyl (C=O) groups excluding carboxylic acids is 2. The summed E-state index contributed by atoms with van der Waals surface area (Å²) in [5, 5.41) is 5.30. The number of terminal acetylenes is 1. The van der Waals surface area contributed by atoms with Crippen LogP contribution in [-0.4, -0.2) is 32.6 Å². The Labute approximate surface area is 146 Å². The maximum Gasteiger partial charge on any atom is 0.255 e. The van der Waals surface area contributed by atoms with Crippen LogP contribution < -0.4 is 20.1 Å². The smallest absolute Gasteiger partial charge is 0.255 e. The van der Waals surface area contributed by atoms with Gasteiger partial charge < -0.3 is 20.1 Å². The van der Waals surface area contributed by atoms with Gasteiger partial charge in [-0.15, -0.1) is 6.42 Å². The monoisotopic (exact) mass is 338 g/mol. The van der Waals surface area contributed by atoms with Gasteiger partial charge in [-0.3, -0.25) is 9.59 Å². The molecule has 0 aliphatic heterocycles. The van der Waals surface area contributed by atoms with Gasteiger partial charge in [0.2, 0.25) is 0 Å². The highest BCUT2D eigenvalue weighted by Crippen LogP contribution is 2.24. The summed E-state index contributed by atoms with van der Waals surface area (Å²) in [6.07, 6.45) is 5.15. The first kappa shape index (κ1) is 17.9. The van der Waals surface area contributed by atoms with E-state index >= 15 is 0 Å². The molecule has 0 aliphatic carbocycles. The van der Waals surface area contributed by atoms with Crippen LogP contribution in [0.1, 0.15) is 20.7 Å². The van der Waals surface area contributed by atoms with Crippen LogP contribution in [0.3, 0.4) is 0 Å². The first-order valence-electron chi connectivity index (χ1n) is 7.44. The second-order valence-electron chi connectivity index (χ2n) is 4.99. The first-order valence-corrected chi connectivity index (χ1v) is 7.44. The predicted molar refractivity (Wildman–Crippen MR) is 95.1 cm³/mol. The molecule has 0 aliphatic rings. The molecule has 0 radical (unpaired) electrons. The molecule has 0 fully saturated rings. The summed E-state index contributed by atoms with van der Waals surface area (Å²) in [4.78, 5) is 24.7. The molecular formula is C19H18N2O4. The molecule has 6 nitrogen and oxygen atoms in total. The largest absolute Gasteiger partial charge is 0.497 e. The number of amides is 2. The summed E-state index contributed by atoms with van der Waals surface area (Å²) in [7, 11) is 3.00. The topological polar surface area (TPSA) is 76.7 Å². The molecule has 2 aromatic carbocycles. The summed E-state index contributed by atoms with van der Waals surface area (Å²) in [6.45, 7) is 0.105. The maximum absolute atomic E-state index is 12.6. The minimum absolute atomic E-state index is 0.105. The van der Waals surface area contributed by atoms with Crippen molar-refractivity contribution in [2.45, 2.75) is 0 Å². The number of anilines is 1. The molecule has 2 amide bonds. The number of benzene rings is 2. The Kier molecular flexibility index (Phi) is 6.02. The van der Waals surface area contributed by atoms with Crippen molar-refractivity contribution in [3.63, 3.8) is 0 Å². The normalized spacial score (nSPS) is 9.64. The van der Waals surface area contributed by atoms with Crippen LogP contribution in [-0.2, 0) is 0 Å². The minimum Gasteiger partial charge on any atom is -0.497 e. The molecule has 0 saturated heterocycles. The van der Waals surface area contributed by atoms with Gasteiger partial charge >= 0.3 is 0 Å². The number of para-hydroxylation sites is 1. The Morgan fingerprint density at radius 1 is 1.04 bits per heavy atom. The average Bonchev–Trinajstić information content (AvgIpc) is 2.65. The summed E-state index contributed by atoms with van der Waals surface area (Å²) in [5.41, 5.74) is 1.04. The van der Waals surface area contributed by atoms with Crippen molar-refractivity contribution in [2.75, 3.05) is 26.1 Å². The van der Waals surface area contributed by atoms with Crippen LogP contribution >= 0.6 is 0 Å². The van der Waals surface area contributed by atoms with Crippen LogP contribution in [0.5, 0.6) is 11.5 Å². The minimum atomic E-state index is -0.394. The molecule has 128 valence electrons. The van der Waals surface area contributed by atoms with E-state index in [0.29, 0.717) is 28.3 Å². The predicted octanol–water partition coefficient (Wildman–Crippen LogP) is 2.32. The lowest BCUT2D eigenvalue weighted by Gasteiger charge is -2.12. The summed E-state index contributed by atoms with van der Waals surface area (Å²) in [6, 6.07) is 11.5. The Balaban J connectivity index is 2.27. The number of carbonyl (C=O) groups is 2. The van der Waals surface area contributed by atoms with E-state index in [9.17, 15) is 9.59 Å². The number of rotatable bonds is 6. The highest BCUT2D eigenvalue weighted by molar-refractivity contribution is 6.09. The first-order chi connectivity index (χ1) is 12.1. The molecule has 0 bridgehead atoms. The number of hydrogen-bond donors (Lipinski definition) is 2. The second-order valence-corrected chi connectivity index (χ2v) is 4.99. The molecule has 2 rings (SSSR count). The van der Waals surface area contributed by atoms with E-state index in [-0.39, 0.29) is 12.5 Å². The molecule has 0 saturated carbocycles. The fourth-order valence-corrected chi connectivity index (χ4v) is 2.15. The number of nitrogens with one attached hydrogen (secondary N) is 2. The van der Waals surface area contributed by atoms with Gasteiger partial charge in [0.1, 0.15) is 11.5 Å². The van der Waals surface area contributed by atoms with E-state index in [1.807, 2.05) is 0 Å². The van der Waals surface area contributed by atoms with Crippen molar-refractivity contribution < 1.29 is 19.1 Å². The van der Waals surface area contributed by atoms with Crippen molar-refractivity contribution in [3.05, 3.63) is 53.6 Å². The summed E-state index contributed by atoms with van der Waals surface area (Å²) >= 11 is 0. The third-order valence-corrected chi connectivity index (χ3v) is 3.38. The molecule has 0 heterocycles. The summed E-state index contributed by atoms with van der Waals surface area (Å²) in [5.74, 6) is 2.56. The fraction of sp³-hybridized carbons (Fsp3) is 0.158. The Hall–Kier alpha value is -3.46. The van der Waals surface area contributed by atoms with E-state index in [0.717, 1.165) is 0 Å². The van der Waals surface area contributed by atoms with Gasteiger partial charge in [-0.2, -0.15) is 0 Å². The van der Waals surface area contributed by atoms with Gasteiger partial charge in [-0.1, -0.05) is 18.1 Å². The van der Waals surface area contributed by atoms with Gasteiger partial charge in [0, 0.05) is 11.6 Å². The van der Waals surface area contributed by atoms with E-state index < -0.39 is 5.91 Å². The molecule has 0 aromatic heterocycles. The molecule has 2 aromatic rings. The number of methoxy groups -OCH3 is 2. The molecule has 0 atom stereocenters. The summed E-state index contributed by atoms with van der Waals surface area (Å²) < 4.78 is 10.3. The molecule has 6 heteroatoms. The highest BCUT2D eigenvalue weighted by atomic mass is 16.5. The Morgan fingerprint density at radius 2 is 1.68 bits per heavy atom. The lowest BCUT2D eigenvalue weighted by atomic mass is 10.1. The highest BCUT2D eigenvalue weighted by Gasteiger charge is 2.15. The standard InChI is InChI=1S/C19H18N2O4/c1-4-9-20-19(23)16-7-5-6-8-17(16)21-18(22)13-10-14(24-2)12-15(11-13)25-3/h1,5-8,10-12H,9H2,2-3H3,(H,20,23)(H,21,22). The van der Waals surface area contributed by atoms with Gasteiger partial charge in [0.25, 0.3) is 11.8 Å². The molecular weight excluding hydrogens is 320 g/mol. The SMILES string of the molecule is C#CCNC(=O)c1ccccc1NC(=O)c1cc(OC)cc(OC)c1. The quantitative estimate of drug-likeness (QED) is 0.793. The third-order valence-electron chi connectivity index (χ3n) is 3.38. The second kappa shape index (κ2) is 8.41. The Bertz CT molecular complexity index is 802. The number of ether oxygens (including phenoxy) is 2. The van der Waals surface area contributed by atoms with Crippen LogP contribution in [0.15, 0.2) is 42.5 Å². The lowest BCUT2D eigenvalue weighted by Crippen LogP contribution is -2.25. The third kappa shape index (κ3) is 4.52. The zero-order valence-electron chi connectivity index (χ0n) is 14.0. The zero-order chi connectivity index (χ0) is 18.2. The average molecular weight is 338 g/mol. The molecule has 0 spiro atoms. The van der Waals surface area contributed by atoms with Gasteiger partial charge in [-0.05, 0) is 24.3 Å². The van der Waals surface area contributed by atoms with Crippen LogP contribution in [0.25, 0.3) is 0 Å². The van der Waals surface area contributed by atoms with E-state index in [1.165, 1.54) is 14.2 Å². The number of hydrogen-bond acceptors (Lipinski definition) is 4. The van der Waals surface area contributed by atoms with Crippen molar-refractivity contribution in [1.82, 2.24) is 5.32 Å². The van der Waals surface area contributed by atoms with Crippen molar-refractivity contribution in [1.29, 1.82) is 0 Å². The van der Waals surface area contributed by atoms with Gasteiger partial charge in [0.15, 0.2) is 0 Å². The Morgan fingerprint density at radius 3 is 2.28 bits per heavy atom. The van der Waals surface area contributed by atoms with E-state index in [4.69, 9.17) is 15.9 Å². The van der Waals surface area contributed by atoms with Gasteiger partial charge in [0.05, 0.1) is 32.0 Å².